The fourth-order valence-electron chi connectivity index (χ4n) is 10.3. The second-order valence-corrected chi connectivity index (χ2v) is 22.5. The van der Waals surface area contributed by atoms with Crippen molar-refractivity contribution in [2.75, 3.05) is 13.2 Å². The third kappa shape index (κ3) is 44.7. The molecule has 7 atom stereocenters. The van der Waals surface area contributed by atoms with E-state index in [1.807, 2.05) is 6.08 Å². The fourth-order valence-corrected chi connectivity index (χ4v) is 10.3. The van der Waals surface area contributed by atoms with Gasteiger partial charge in [-0.25, -0.2) is 0 Å². The van der Waals surface area contributed by atoms with Crippen molar-refractivity contribution in [3.63, 3.8) is 0 Å². The van der Waals surface area contributed by atoms with Gasteiger partial charge in [0, 0.05) is 6.42 Å². The van der Waals surface area contributed by atoms with Crippen LogP contribution in [0.1, 0.15) is 309 Å². The number of carbonyl (C=O) groups is 1. The molecular weight excluding hydrogens is 935 g/mol. The molecule has 0 aromatic heterocycles. The molecule has 75 heavy (non-hydrogen) atoms. The molecule has 1 fully saturated rings. The zero-order valence-electron chi connectivity index (χ0n) is 49.1. The quantitative estimate of drug-likeness (QED) is 0.0261. The summed E-state index contributed by atoms with van der Waals surface area (Å²) in [5.74, 6) is -0.183. The maximum Gasteiger partial charge on any atom is 0.220 e. The van der Waals surface area contributed by atoms with Crippen LogP contribution in [0.4, 0.5) is 0 Å². The van der Waals surface area contributed by atoms with Crippen LogP contribution in [0.25, 0.3) is 0 Å². The number of carbonyl (C=O) groups excluding carboxylic acids is 1. The summed E-state index contributed by atoms with van der Waals surface area (Å²) < 4.78 is 11.3. The minimum atomic E-state index is -1.57. The molecular formula is C66H123NO8. The summed E-state index contributed by atoms with van der Waals surface area (Å²) in [4.78, 5) is 13.1. The lowest BCUT2D eigenvalue weighted by Gasteiger charge is -2.40. The van der Waals surface area contributed by atoms with E-state index in [0.29, 0.717) is 6.42 Å². The molecule has 0 bridgehead atoms. The van der Waals surface area contributed by atoms with Crippen LogP contribution < -0.4 is 5.32 Å². The first-order chi connectivity index (χ1) is 36.8. The Balaban J connectivity index is 2.14. The van der Waals surface area contributed by atoms with Crippen molar-refractivity contribution in [3.05, 3.63) is 48.6 Å². The van der Waals surface area contributed by atoms with Crippen LogP contribution in [0.3, 0.4) is 0 Å². The van der Waals surface area contributed by atoms with Gasteiger partial charge in [-0.05, 0) is 64.2 Å². The van der Waals surface area contributed by atoms with Crippen molar-refractivity contribution in [3.8, 4) is 0 Å². The van der Waals surface area contributed by atoms with Gasteiger partial charge in [0.2, 0.25) is 5.91 Å². The van der Waals surface area contributed by atoms with Crippen LogP contribution in [0.2, 0.25) is 0 Å². The Bertz CT molecular complexity index is 1320. The Kier molecular flexibility index (Phi) is 52.6. The standard InChI is InChI=1S/C66H123NO8/c1-3-5-7-9-11-13-15-17-19-21-23-24-25-26-27-28-29-30-31-32-33-34-35-36-38-40-42-44-46-48-50-52-54-56-62(70)67-59(58-74-66-65(73)64(72)63(71)61(57-68)75-66)60(69)55-53-51-49-47-45-43-41-39-37-22-20-18-16-14-12-10-8-6-4-2/h23-24,26-27,45,47,53,55,59-61,63-66,68-69,71-73H,3-22,25,28-44,46,48-52,54,56-58H2,1-2H3,(H,67,70)/b24-23-,27-26-,47-45+,55-53+. The van der Waals surface area contributed by atoms with Gasteiger partial charge >= 0.3 is 0 Å². The van der Waals surface area contributed by atoms with Crippen LogP contribution in [0, 0.1) is 0 Å². The summed E-state index contributed by atoms with van der Waals surface area (Å²) in [7, 11) is 0. The molecule has 7 unspecified atom stereocenters. The maximum absolute atomic E-state index is 13.1. The van der Waals surface area contributed by atoms with Crippen molar-refractivity contribution in [1.29, 1.82) is 0 Å². The molecule has 1 aliphatic heterocycles. The summed E-state index contributed by atoms with van der Waals surface area (Å²) in [5, 5.41) is 54.6. The minimum Gasteiger partial charge on any atom is -0.394 e. The first-order valence-corrected chi connectivity index (χ1v) is 32.4. The summed E-state index contributed by atoms with van der Waals surface area (Å²) >= 11 is 0. The molecule has 1 rings (SSSR count). The van der Waals surface area contributed by atoms with Gasteiger partial charge in [0.15, 0.2) is 6.29 Å². The highest BCUT2D eigenvalue weighted by Gasteiger charge is 2.44. The van der Waals surface area contributed by atoms with Crippen molar-refractivity contribution < 1.29 is 39.8 Å². The number of aliphatic hydroxyl groups excluding tert-OH is 5. The number of rotatable bonds is 56. The molecule has 0 spiro atoms. The molecule has 1 saturated heterocycles. The van der Waals surface area contributed by atoms with Crippen LogP contribution in [-0.2, 0) is 14.3 Å². The molecule has 1 heterocycles. The number of aliphatic hydroxyl groups is 5. The average Bonchev–Trinajstić information content (AvgIpc) is 3.41. The predicted octanol–water partition coefficient (Wildman–Crippen LogP) is 16.9. The number of ether oxygens (including phenoxy) is 2. The van der Waals surface area contributed by atoms with Crippen molar-refractivity contribution in [2.45, 2.75) is 352 Å². The van der Waals surface area contributed by atoms with E-state index in [2.05, 4.69) is 55.6 Å². The Morgan fingerprint density at radius 3 is 1.20 bits per heavy atom. The summed E-state index contributed by atoms with van der Waals surface area (Å²) in [6.07, 6.45) is 67.8. The number of hydrogen-bond acceptors (Lipinski definition) is 8. The predicted molar refractivity (Wildman–Crippen MR) is 318 cm³/mol. The lowest BCUT2D eigenvalue weighted by atomic mass is 9.99. The number of hydrogen-bond donors (Lipinski definition) is 6. The average molecular weight is 1060 g/mol. The second-order valence-electron chi connectivity index (χ2n) is 22.5. The van der Waals surface area contributed by atoms with Gasteiger partial charge in [0.1, 0.15) is 24.4 Å². The van der Waals surface area contributed by atoms with Gasteiger partial charge < -0.3 is 40.3 Å². The Morgan fingerprint density at radius 1 is 0.453 bits per heavy atom. The summed E-state index contributed by atoms with van der Waals surface area (Å²) in [6, 6.07) is -0.822. The molecule has 0 aliphatic carbocycles. The number of amides is 1. The largest absolute Gasteiger partial charge is 0.394 e. The highest BCUT2D eigenvalue weighted by atomic mass is 16.7. The summed E-state index contributed by atoms with van der Waals surface area (Å²) in [5.41, 5.74) is 0. The smallest absolute Gasteiger partial charge is 0.220 e. The lowest BCUT2D eigenvalue weighted by Crippen LogP contribution is -2.60. The Morgan fingerprint density at radius 2 is 0.800 bits per heavy atom. The third-order valence-corrected chi connectivity index (χ3v) is 15.4. The van der Waals surface area contributed by atoms with E-state index in [9.17, 15) is 30.3 Å². The van der Waals surface area contributed by atoms with Crippen LogP contribution in [0.15, 0.2) is 48.6 Å². The van der Waals surface area contributed by atoms with Gasteiger partial charge in [0.05, 0.1) is 25.4 Å². The van der Waals surface area contributed by atoms with E-state index < -0.39 is 49.5 Å². The molecule has 1 amide bonds. The third-order valence-electron chi connectivity index (χ3n) is 15.4. The fraction of sp³-hybridized carbons (Fsp3) is 0.864. The maximum atomic E-state index is 13.1. The SMILES string of the molecule is CCCCCCCCCCC/C=C\C/C=C\CCCCCCCCCCCCCCCCCCCC(=O)NC(COC1OC(CO)C(O)C(O)C1O)C(O)/C=C/CC/C=C/CCCCCCCCCCCCCCC. The first kappa shape index (κ1) is 71.2. The van der Waals surface area contributed by atoms with Crippen molar-refractivity contribution >= 4 is 5.91 Å². The number of allylic oxidation sites excluding steroid dienone is 7. The van der Waals surface area contributed by atoms with Gasteiger partial charge in [-0.1, -0.05) is 287 Å². The van der Waals surface area contributed by atoms with E-state index in [-0.39, 0.29) is 12.5 Å². The van der Waals surface area contributed by atoms with Gasteiger partial charge in [-0.15, -0.1) is 0 Å². The molecule has 6 N–H and O–H groups in total. The Labute approximate surface area is 463 Å². The molecule has 440 valence electrons. The monoisotopic (exact) mass is 1060 g/mol. The molecule has 9 nitrogen and oxygen atoms in total. The zero-order chi connectivity index (χ0) is 54.3. The van der Waals surface area contributed by atoms with Crippen LogP contribution in [-0.4, -0.2) is 87.5 Å². The van der Waals surface area contributed by atoms with E-state index in [1.54, 1.807) is 6.08 Å². The van der Waals surface area contributed by atoms with E-state index in [1.165, 1.54) is 244 Å². The highest BCUT2D eigenvalue weighted by Crippen LogP contribution is 2.23. The number of nitrogens with one attached hydrogen (secondary N) is 1. The lowest BCUT2D eigenvalue weighted by molar-refractivity contribution is -0.302. The number of unbranched alkanes of at least 4 members (excludes halogenated alkanes) is 40. The zero-order valence-corrected chi connectivity index (χ0v) is 49.1. The van der Waals surface area contributed by atoms with Gasteiger partial charge in [0.25, 0.3) is 0 Å². The molecule has 9 heteroatoms. The molecule has 0 aromatic rings. The van der Waals surface area contributed by atoms with E-state index in [4.69, 9.17) is 9.47 Å². The van der Waals surface area contributed by atoms with E-state index in [0.717, 1.165) is 44.9 Å². The molecule has 0 aromatic carbocycles. The normalized spacial score (nSPS) is 19.2. The van der Waals surface area contributed by atoms with Crippen LogP contribution in [0.5, 0.6) is 0 Å². The topological polar surface area (TPSA) is 149 Å². The second kappa shape index (κ2) is 55.5. The summed E-state index contributed by atoms with van der Waals surface area (Å²) in [6.45, 7) is 3.80. The highest BCUT2D eigenvalue weighted by molar-refractivity contribution is 5.76. The molecule has 0 radical (unpaired) electrons. The molecule has 1 aliphatic rings. The Hall–Kier alpha value is -1.85. The first-order valence-electron chi connectivity index (χ1n) is 32.4. The van der Waals surface area contributed by atoms with Crippen LogP contribution >= 0.6 is 0 Å². The van der Waals surface area contributed by atoms with Crippen molar-refractivity contribution in [2.24, 2.45) is 0 Å². The molecule has 0 saturated carbocycles. The van der Waals surface area contributed by atoms with Gasteiger partial charge in [-0.3, -0.25) is 4.79 Å². The minimum absolute atomic E-state index is 0.183. The van der Waals surface area contributed by atoms with Gasteiger partial charge in [-0.2, -0.15) is 0 Å². The van der Waals surface area contributed by atoms with Crippen molar-refractivity contribution in [1.82, 2.24) is 5.32 Å². The van der Waals surface area contributed by atoms with E-state index >= 15 is 0 Å².